The van der Waals surface area contributed by atoms with E-state index in [1.54, 1.807) is 19.1 Å². The molecule has 2 aromatic rings. The molecule has 0 aliphatic heterocycles. The van der Waals surface area contributed by atoms with Gasteiger partial charge in [-0.1, -0.05) is 6.42 Å². The highest BCUT2D eigenvalue weighted by Gasteiger charge is 2.36. The summed E-state index contributed by atoms with van der Waals surface area (Å²) in [6.45, 7) is 1.75. The number of aromatic nitrogens is 2. The Hall–Kier alpha value is -2.05. The molecule has 0 unspecified atom stereocenters. The second-order valence-electron chi connectivity index (χ2n) is 6.09. The third-order valence-corrected chi connectivity index (χ3v) is 4.27. The van der Waals surface area contributed by atoms with Gasteiger partial charge in [0.15, 0.2) is 0 Å². The van der Waals surface area contributed by atoms with E-state index in [9.17, 15) is 18.0 Å². The van der Waals surface area contributed by atoms with Gasteiger partial charge >= 0.3 is 6.18 Å². The maximum Gasteiger partial charge on any atom is 0.431 e. The number of pyridine rings is 1. The highest BCUT2D eigenvalue weighted by molar-refractivity contribution is 5.80. The number of fused-ring (bicyclic) bond motifs is 1. The number of carbonyl (C=O) groups excluding carboxylic acids is 1. The van der Waals surface area contributed by atoms with E-state index >= 15 is 0 Å². The number of carbonyl (C=O) groups is 1. The van der Waals surface area contributed by atoms with Crippen LogP contribution in [0.25, 0.3) is 11.0 Å². The molecular formula is C16H18F3N3O. The van der Waals surface area contributed by atoms with Crippen molar-refractivity contribution in [2.45, 2.75) is 44.9 Å². The van der Waals surface area contributed by atoms with E-state index in [1.807, 2.05) is 0 Å². The number of nitrogens with zero attached hydrogens (tertiary/aromatic N) is 2. The average molecular weight is 325 g/mol. The molecule has 0 bridgehead atoms. The molecule has 1 atom stereocenters. The Kier molecular flexibility index (Phi) is 4.04. The zero-order valence-corrected chi connectivity index (χ0v) is 12.7. The first kappa shape index (κ1) is 15.8. The number of nitrogens with one attached hydrogen (secondary N) is 1. The fourth-order valence-corrected chi connectivity index (χ4v) is 2.86. The highest BCUT2D eigenvalue weighted by Crippen LogP contribution is 2.33. The number of amides is 1. The van der Waals surface area contributed by atoms with E-state index in [1.165, 1.54) is 6.20 Å². The Morgan fingerprint density at radius 3 is 2.83 bits per heavy atom. The van der Waals surface area contributed by atoms with Crippen LogP contribution in [-0.4, -0.2) is 21.5 Å². The second-order valence-corrected chi connectivity index (χ2v) is 6.09. The first-order chi connectivity index (χ1) is 10.9. The first-order valence-corrected chi connectivity index (χ1v) is 7.68. The van der Waals surface area contributed by atoms with Gasteiger partial charge in [0.25, 0.3) is 0 Å². The van der Waals surface area contributed by atoms with Crippen molar-refractivity contribution < 1.29 is 18.0 Å². The SMILES string of the molecule is C[C@@H](Cn1c(C(F)(F)F)cc2cccnc21)NC(=O)C1CCC1. The second kappa shape index (κ2) is 5.86. The normalized spacial score (nSPS) is 17.0. The highest BCUT2D eigenvalue weighted by atomic mass is 19.4. The van der Waals surface area contributed by atoms with Gasteiger partial charge in [0, 0.05) is 30.1 Å². The number of rotatable bonds is 4. The molecule has 7 heteroatoms. The summed E-state index contributed by atoms with van der Waals surface area (Å²) in [5, 5.41) is 3.25. The summed E-state index contributed by atoms with van der Waals surface area (Å²) in [6.07, 6.45) is -0.230. The largest absolute Gasteiger partial charge is 0.431 e. The van der Waals surface area contributed by atoms with Crippen molar-refractivity contribution in [3.05, 3.63) is 30.1 Å². The van der Waals surface area contributed by atoms with E-state index in [2.05, 4.69) is 10.3 Å². The Bertz CT molecular complexity index is 719. The lowest BCUT2D eigenvalue weighted by Crippen LogP contribution is -2.41. The Balaban J connectivity index is 1.84. The molecule has 4 nitrogen and oxygen atoms in total. The van der Waals surface area contributed by atoms with E-state index in [0.717, 1.165) is 29.9 Å². The van der Waals surface area contributed by atoms with Crippen LogP contribution in [0.1, 0.15) is 31.9 Å². The molecule has 1 saturated carbocycles. The van der Waals surface area contributed by atoms with Gasteiger partial charge in [0.1, 0.15) is 11.3 Å². The van der Waals surface area contributed by atoms with Gasteiger partial charge in [0.2, 0.25) is 5.91 Å². The summed E-state index contributed by atoms with van der Waals surface area (Å²) in [5.74, 6) is -0.0548. The van der Waals surface area contributed by atoms with Crippen LogP contribution in [0.5, 0.6) is 0 Å². The van der Waals surface area contributed by atoms with E-state index in [4.69, 9.17) is 0 Å². The topological polar surface area (TPSA) is 46.9 Å². The van der Waals surface area contributed by atoms with Gasteiger partial charge in [-0.05, 0) is 38.0 Å². The number of hydrogen-bond acceptors (Lipinski definition) is 2. The molecule has 1 fully saturated rings. The van der Waals surface area contributed by atoms with Crippen molar-refractivity contribution >= 4 is 16.9 Å². The zero-order chi connectivity index (χ0) is 16.6. The van der Waals surface area contributed by atoms with Crippen molar-refractivity contribution in [3.8, 4) is 0 Å². The van der Waals surface area contributed by atoms with Gasteiger partial charge in [-0.15, -0.1) is 0 Å². The predicted molar refractivity (Wildman–Crippen MR) is 79.7 cm³/mol. The summed E-state index contributed by atoms with van der Waals surface area (Å²) in [7, 11) is 0. The number of halogens is 3. The van der Waals surface area contributed by atoms with Crippen LogP contribution in [-0.2, 0) is 17.5 Å². The van der Waals surface area contributed by atoms with Crippen LogP contribution in [0.2, 0.25) is 0 Å². The zero-order valence-electron chi connectivity index (χ0n) is 12.7. The van der Waals surface area contributed by atoms with Gasteiger partial charge in [-0.3, -0.25) is 4.79 Å². The molecule has 3 rings (SSSR count). The van der Waals surface area contributed by atoms with Gasteiger partial charge in [0.05, 0.1) is 0 Å². The summed E-state index contributed by atoms with van der Waals surface area (Å²) in [5.41, 5.74) is -0.458. The van der Waals surface area contributed by atoms with Gasteiger partial charge < -0.3 is 9.88 Å². The van der Waals surface area contributed by atoms with E-state index in [-0.39, 0.29) is 24.0 Å². The lowest BCUT2D eigenvalue weighted by molar-refractivity contribution is -0.143. The Labute approximate surface area is 131 Å². The Morgan fingerprint density at radius 1 is 1.48 bits per heavy atom. The molecule has 0 aromatic carbocycles. The third kappa shape index (κ3) is 3.18. The monoisotopic (exact) mass is 325 g/mol. The fourth-order valence-electron chi connectivity index (χ4n) is 2.86. The minimum Gasteiger partial charge on any atom is -0.352 e. The molecular weight excluding hydrogens is 307 g/mol. The van der Waals surface area contributed by atoms with Crippen LogP contribution in [0.15, 0.2) is 24.4 Å². The summed E-state index contributed by atoms with van der Waals surface area (Å²) in [6, 6.07) is 3.91. The number of alkyl halides is 3. The third-order valence-electron chi connectivity index (χ3n) is 4.27. The maximum atomic E-state index is 13.3. The van der Waals surface area contributed by atoms with Crippen LogP contribution in [0.3, 0.4) is 0 Å². The molecule has 124 valence electrons. The Morgan fingerprint density at radius 2 is 2.22 bits per heavy atom. The van der Waals surface area contributed by atoms with Crippen LogP contribution >= 0.6 is 0 Å². The van der Waals surface area contributed by atoms with Crippen LogP contribution < -0.4 is 5.32 Å². The molecule has 1 amide bonds. The first-order valence-electron chi connectivity index (χ1n) is 7.68. The number of hydrogen-bond donors (Lipinski definition) is 1. The smallest absolute Gasteiger partial charge is 0.352 e. The molecule has 0 spiro atoms. The molecule has 2 heterocycles. The van der Waals surface area contributed by atoms with Crippen LogP contribution in [0.4, 0.5) is 13.2 Å². The molecule has 1 aliphatic carbocycles. The lowest BCUT2D eigenvalue weighted by atomic mass is 9.84. The molecule has 23 heavy (non-hydrogen) atoms. The quantitative estimate of drug-likeness (QED) is 0.937. The molecule has 1 N–H and O–H groups in total. The molecule has 2 aromatic heterocycles. The minimum absolute atomic E-state index is 0.0130. The summed E-state index contributed by atoms with van der Waals surface area (Å²) >= 11 is 0. The van der Waals surface area contributed by atoms with Gasteiger partial charge in [-0.25, -0.2) is 4.98 Å². The minimum atomic E-state index is -4.46. The average Bonchev–Trinajstić information content (AvgIpc) is 2.75. The van der Waals surface area contributed by atoms with E-state index in [0.29, 0.717) is 5.39 Å². The molecule has 1 aliphatic rings. The molecule has 0 saturated heterocycles. The maximum absolute atomic E-state index is 13.3. The van der Waals surface area contributed by atoms with Crippen molar-refractivity contribution in [1.29, 1.82) is 0 Å². The van der Waals surface area contributed by atoms with Crippen molar-refractivity contribution in [1.82, 2.24) is 14.9 Å². The van der Waals surface area contributed by atoms with E-state index < -0.39 is 17.9 Å². The summed E-state index contributed by atoms with van der Waals surface area (Å²) < 4.78 is 40.9. The molecule has 0 radical (unpaired) electrons. The van der Waals surface area contributed by atoms with Crippen molar-refractivity contribution in [2.24, 2.45) is 5.92 Å². The van der Waals surface area contributed by atoms with Crippen molar-refractivity contribution in [2.75, 3.05) is 0 Å². The fraction of sp³-hybridized carbons (Fsp3) is 0.500. The lowest BCUT2D eigenvalue weighted by Gasteiger charge is -2.26. The van der Waals surface area contributed by atoms with Crippen molar-refractivity contribution in [3.63, 3.8) is 0 Å². The standard InChI is InChI=1S/C16H18F3N3O/c1-10(21-15(23)11-4-2-5-11)9-22-13(16(17,18)19)8-12-6-3-7-20-14(12)22/h3,6-8,10-11H,2,4-5,9H2,1H3,(H,21,23)/t10-/m0/s1. The predicted octanol–water partition coefficient (Wildman–Crippen LogP) is 3.36. The van der Waals surface area contributed by atoms with Gasteiger partial charge in [-0.2, -0.15) is 13.2 Å². The summed E-state index contributed by atoms with van der Waals surface area (Å²) in [4.78, 5) is 16.0. The van der Waals surface area contributed by atoms with Crippen LogP contribution in [0, 0.1) is 5.92 Å².